The minimum absolute atomic E-state index is 0.929. The number of hydrogen-bond donors (Lipinski definition) is 0. The number of benzene rings is 9. The molecule has 1 aromatic heterocycles. The van der Waals surface area contributed by atoms with E-state index in [-0.39, 0.29) is 0 Å². The first-order chi connectivity index (χ1) is 22.3. The summed E-state index contributed by atoms with van der Waals surface area (Å²) in [4.78, 5) is 0. The van der Waals surface area contributed by atoms with Crippen LogP contribution in [0, 0.1) is 0 Å². The van der Waals surface area contributed by atoms with Gasteiger partial charge < -0.3 is 4.42 Å². The Kier molecular flexibility index (Phi) is 5.06. The summed E-state index contributed by atoms with van der Waals surface area (Å²) < 4.78 is 6.68. The number of furan rings is 1. The van der Waals surface area contributed by atoms with Gasteiger partial charge in [-0.3, -0.25) is 0 Å². The summed E-state index contributed by atoms with van der Waals surface area (Å²) in [7, 11) is 0. The fourth-order valence-electron chi connectivity index (χ4n) is 7.73. The molecule has 10 rings (SSSR count). The molecule has 1 heterocycles. The highest BCUT2D eigenvalue weighted by atomic mass is 16.3. The summed E-state index contributed by atoms with van der Waals surface area (Å²) in [5, 5.41) is 12.4. The minimum Gasteiger partial charge on any atom is -0.455 e. The van der Waals surface area contributed by atoms with Crippen molar-refractivity contribution in [1.29, 1.82) is 0 Å². The van der Waals surface area contributed by atoms with Crippen LogP contribution in [0.4, 0.5) is 0 Å². The van der Waals surface area contributed by atoms with Gasteiger partial charge in [0.2, 0.25) is 0 Å². The maximum absolute atomic E-state index is 6.68. The topological polar surface area (TPSA) is 13.1 Å². The summed E-state index contributed by atoms with van der Waals surface area (Å²) in [6.45, 7) is 0. The molecule has 0 N–H and O–H groups in total. The molecule has 10 aromatic rings. The molecule has 1 nitrogen and oxygen atoms in total. The largest absolute Gasteiger partial charge is 0.455 e. The van der Waals surface area contributed by atoms with Crippen LogP contribution < -0.4 is 0 Å². The molecule has 0 saturated heterocycles. The molecule has 0 radical (unpaired) electrons. The van der Waals surface area contributed by atoms with Gasteiger partial charge in [0.1, 0.15) is 11.2 Å². The molecule has 0 saturated carbocycles. The van der Waals surface area contributed by atoms with E-state index in [0.717, 1.165) is 16.7 Å². The van der Waals surface area contributed by atoms with Gasteiger partial charge in [0.05, 0.1) is 0 Å². The zero-order chi connectivity index (χ0) is 29.5. The van der Waals surface area contributed by atoms with Crippen LogP contribution in [0.25, 0.3) is 98.4 Å². The molecule has 0 unspecified atom stereocenters. The summed E-state index contributed by atoms with van der Waals surface area (Å²) >= 11 is 0. The molecule has 0 atom stereocenters. The Balaban J connectivity index is 1.35. The molecule has 0 amide bonds. The van der Waals surface area contributed by atoms with Crippen LogP contribution in [0.3, 0.4) is 0 Å². The third kappa shape index (κ3) is 3.44. The van der Waals surface area contributed by atoms with Crippen LogP contribution >= 0.6 is 0 Å². The van der Waals surface area contributed by atoms with Crippen LogP contribution in [-0.4, -0.2) is 0 Å². The minimum atomic E-state index is 0.929. The fourth-order valence-corrected chi connectivity index (χ4v) is 7.73. The van der Waals surface area contributed by atoms with Gasteiger partial charge in [0.25, 0.3) is 0 Å². The smallest absolute Gasteiger partial charge is 0.143 e. The van der Waals surface area contributed by atoms with Crippen molar-refractivity contribution in [2.45, 2.75) is 0 Å². The van der Waals surface area contributed by atoms with Gasteiger partial charge in [-0.15, -0.1) is 0 Å². The van der Waals surface area contributed by atoms with Crippen molar-refractivity contribution in [3.05, 3.63) is 158 Å². The van der Waals surface area contributed by atoms with E-state index in [2.05, 4.69) is 158 Å². The Morgan fingerprint density at radius 3 is 1.64 bits per heavy atom. The quantitative estimate of drug-likeness (QED) is 0.152. The van der Waals surface area contributed by atoms with Crippen molar-refractivity contribution >= 4 is 65.0 Å². The van der Waals surface area contributed by atoms with E-state index < -0.39 is 0 Å². The van der Waals surface area contributed by atoms with Crippen LogP contribution in [0.15, 0.2) is 162 Å². The summed E-state index contributed by atoms with van der Waals surface area (Å²) in [5.41, 5.74) is 9.24. The summed E-state index contributed by atoms with van der Waals surface area (Å²) in [6.07, 6.45) is 0. The Hall–Kier alpha value is -5.92. The van der Waals surface area contributed by atoms with Crippen molar-refractivity contribution in [2.24, 2.45) is 0 Å². The average Bonchev–Trinajstić information content (AvgIpc) is 3.51. The molecule has 0 aliphatic heterocycles. The third-order valence-corrected chi connectivity index (χ3v) is 9.61. The SMILES string of the molecule is c1ccc(-c2ccc3cc(-c4c5ccccc5c(-c5cccc6ccccc56)c5ccccc45)c4cccc5oc2c3c54)cc1. The van der Waals surface area contributed by atoms with Gasteiger partial charge in [0, 0.05) is 16.3 Å². The lowest BCUT2D eigenvalue weighted by atomic mass is 9.83. The van der Waals surface area contributed by atoms with Crippen molar-refractivity contribution in [3.63, 3.8) is 0 Å². The predicted molar refractivity (Wildman–Crippen MR) is 191 cm³/mol. The van der Waals surface area contributed by atoms with Gasteiger partial charge in [-0.25, -0.2) is 0 Å². The standard InChI is InChI=1S/C44H26O/c1-2-12-28(13-3-1)31-25-24-29-26-38(37-22-11-23-39-43(37)40(29)44(31)45-39)42-35-19-8-6-17-33(35)41(34-18-7-9-20-36(34)42)32-21-10-15-27-14-4-5-16-30(27)32/h1-26H. The van der Waals surface area contributed by atoms with E-state index in [1.54, 1.807) is 0 Å². The number of fused-ring (bicyclic) bond motifs is 3. The molecule has 208 valence electrons. The Labute approximate surface area is 259 Å². The van der Waals surface area contributed by atoms with Crippen molar-refractivity contribution in [2.75, 3.05) is 0 Å². The number of hydrogen-bond acceptors (Lipinski definition) is 1. The molecule has 0 aliphatic rings. The Bertz CT molecular complexity index is 2680. The highest BCUT2D eigenvalue weighted by molar-refractivity contribution is 6.31. The lowest BCUT2D eigenvalue weighted by Gasteiger charge is -2.20. The van der Waals surface area contributed by atoms with E-state index in [1.807, 2.05) is 0 Å². The first kappa shape index (κ1) is 24.5. The normalized spacial score (nSPS) is 12.0. The third-order valence-electron chi connectivity index (χ3n) is 9.61. The Morgan fingerprint density at radius 1 is 0.333 bits per heavy atom. The van der Waals surface area contributed by atoms with Gasteiger partial charge in [-0.05, 0) is 89.1 Å². The fraction of sp³-hybridized carbons (Fsp3) is 0. The second-order valence-corrected chi connectivity index (χ2v) is 12.0. The van der Waals surface area contributed by atoms with Crippen LogP contribution in [0.2, 0.25) is 0 Å². The highest BCUT2D eigenvalue weighted by Gasteiger charge is 2.23. The lowest BCUT2D eigenvalue weighted by Crippen LogP contribution is -1.92. The van der Waals surface area contributed by atoms with Gasteiger partial charge in [-0.2, -0.15) is 0 Å². The molecule has 0 fully saturated rings. The van der Waals surface area contributed by atoms with E-state index in [9.17, 15) is 0 Å². The van der Waals surface area contributed by atoms with E-state index >= 15 is 0 Å². The molecule has 45 heavy (non-hydrogen) atoms. The zero-order valence-electron chi connectivity index (χ0n) is 24.4. The van der Waals surface area contributed by atoms with Crippen molar-refractivity contribution in [1.82, 2.24) is 0 Å². The first-order valence-electron chi connectivity index (χ1n) is 15.5. The van der Waals surface area contributed by atoms with Crippen LogP contribution in [0.5, 0.6) is 0 Å². The van der Waals surface area contributed by atoms with E-state index in [4.69, 9.17) is 4.42 Å². The second-order valence-electron chi connectivity index (χ2n) is 12.0. The monoisotopic (exact) mass is 570 g/mol. The van der Waals surface area contributed by atoms with Crippen molar-refractivity contribution in [3.8, 4) is 33.4 Å². The highest BCUT2D eigenvalue weighted by Crippen LogP contribution is 2.50. The maximum Gasteiger partial charge on any atom is 0.143 e. The van der Waals surface area contributed by atoms with Gasteiger partial charge >= 0.3 is 0 Å². The number of rotatable bonds is 3. The molecule has 1 heteroatoms. The molecular formula is C44H26O. The van der Waals surface area contributed by atoms with Gasteiger partial charge in [0.15, 0.2) is 0 Å². The van der Waals surface area contributed by atoms with E-state index in [0.29, 0.717) is 0 Å². The Morgan fingerprint density at radius 2 is 0.911 bits per heavy atom. The molecular weight excluding hydrogens is 544 g/mol. The molecule has 9 aromatic carbocycles. The van der Waals surface area contributed by atoms with Crippen molar-refractivity contribution < 1.29 is 4.42 Å². The average molecular weight is 571 g/mol. The van der Waals surface area contributed by atoms with Crippen LogP contribution in [0.1, 0.15) is 0 Å². The molecule has 0 bridgehead atoms. The maximum atomic E-state index is 6.68. The van der Waals surface area contributed by atoms with Crippen LogP contribution in [-0.2, 0) is 0 Å². The lowest BCUT2D eigenvalue weighted by molar-refractivity contribution is 0.670. The summed E-state index contributed by atoms with van der Waals surface area (Å²) in [6, 6.07) is 57.2. The molecule has 0 spiro atoms. The second kappa shape index (κ2) is 9.29. The molecule has 0 aliphatic carbocycles. The first-order valence-corrected chi connectivity index (χ1v) is 15.5. The predicted octanol–water partition coefficient (Wildman–Crippen LogP) is 12.6. The summed E-state index contributed by atoms with van der Waals surface area (Å²) in [5.74, 6) is 0. The zero-order valence-corrected chi connectivity index (χ0v) is 24.4. The van der Waals surface area contributed by atoms with Gasteiger partial charge in [-0.1, -0.05) is 140 Å². The van der Waals surface area contributed by atoms with E-state index in [1.165, 1.54) is 81.7 Å².